The summed E-state index contributed by atoms with van der Waals surface area (Å²) in [5.74, 6) is 0. The Morgan fingerprint density at radius 3 is 1.44 bits per heavy atom. The van der Waals surface area contributed by atoms with Gasteiger partial charge in [-0.15, -0.1) is 0 Å². The Morgan fingerprint density at radius 2 is 0.780 bits per heavy atom. The van der Waals surface area contributed by atoms with E-state index in [1.807, 2.05) is 0 Å². The molecule has 0 aliphatic heterocycles. The third-order valence-corrected chi connectivity index (χ3v) is 11.9. The molecular weight excluding hydrogens is 601 g/mol. The van der Waals surface area contributed by atoms with Crippen LogP contribution in [-0.4, -0.2) is 0 Å². The van der Waals surface area contributed by atoms with E-state index < -0.39 is 0 Å². The van der Waals surface area contributed by atoms with Gasteiger partial charge >= 0.3 is 0 Å². The minimum atomic E-state index is -0.109. The molecule has 0 amide bonds. The first-order valence-electron chi connectivity index (χ1n) is 17.9. The highest BCUT2D eigenvalue weighted by atomic mass is 14.5. The predicted molar refractivity (Wildman–Crippen MR) is 213 cm³/mol. The van der Waals surface area contributed by atoms with Crippen LogP contribution in [0, 0.1) is 0 Å². The topological polar surface area (TPSA) is 0 Å². The van der Waals surface area contributed by atoms with Gasteiger partial charge in [-0.05, 0) is 105 Å². The first-order valence-corrected chi connectivity index (χ1v) is 17.9. The van der Waals surface area contributed by atoms with Crippen LogP contribution >= 0.6 is 0 Å². The molecule has 0 unspecified atom stereocenters. The van der Waals surface area contributed by atoms with Crippen LogP contribution in [0.1, 0.15) is 49.9 Å². The standard InChI is InChI=1S/C50H38/c1-49(2)42-21-13-12-20-40(42)47-44(49)29-27-39-41-30-34(26-28-43(41)50(3,4)48(39)47)46-37-18-10-8-16-35(37)45(36-17-9-11-19-38(36)46)33-24-22-32(23-25-33)31-14-6-5-7-15-31/h5-30H,1-4H3. The van der Waals surface area contributed by atoms with Crippen LogP contribution in [0.15, 0.2) is 158 Å². The third kappa shape index (κ3) is 3.94. The molecule has 0 aromatic heterocycles. The molecule has 50 heavy (non-hydrogen) atoms. The maximum Gasteiger partial charge on any atom is 0.0165 e. The molecule has 0 nitrogen and oxygen atoms in total. The zero-order valence-electron chi connectivity index (χ0n) is 29.0. The molecule has 0 radical (unpaired) electrons. The quantitative estimate of drug-likeness (QED) is 0.169. The van der Waals surface area contributed by atoms with Crippen molar-refractivity contribution in [2.45, 2.75) is 38.5 Å². The summed E-state index contributed by atoms with van der Waals surface area (Å²) in [6, 6.07) is 58.9. The summed E-state index contributed by atoms with van der Waals surface area (Å²) >= 11 is 0. The van der Waals surface area contributed by atoms with E-state index in [9.17, 15) is 0 Å². The molecule has 0 saturated carbocycles. The second kappa shape index (κ2) is 10.4. The normalized spacial score (nSPS) is 14.7. The summed E-state index contributed by atoms with van der Waals surface area (Å²) in [5, 5.41) is 5.14. The largest absolute Gasteiger partial charge is 0.0622 e. The average molecular weight is 639 g/mol. The van der Waals surface area contributed by atoms with Gasteiger partial charge < -0.3 is 0 Å². The van der Waals surface area contributed by atoms with Gasteiger partial charge in [-0.3, -0.25) is 0 Å². The third-order valence-electron chi connectivity index (χ3n) is 11.9. The molecule has 0 spiro atoms. The van der Waals surface area contributed by atoms with Crippen LogP contribution in [0.3, 0.4) is 0 Å². The summed E-state index contributed by atoms with van der Waals surface area (Å²) in [7, 11) is 0. The van der Waals surface area contributed by atoms with E-state index in [0.717, 1.165) is 0 Å². The van der Waals surface area contributed by atoms with Gasteiger partial charge in [0.05, 0.1) is 0 Å². The highest BCUT2D eigenvalue weighted by Gasteiger charge is 2.44. The highest BCUT2D eigenvalue weighted by Crippen LogP contribution is 2.59. The van der Waals surface area contributed by atoms with Gasteiger partial charge in [0, 0.05) is 10.8 Å². The molecule has 2 aliphatic carbocycles. The summed E-state index contributed by atoms with van der Waals surface area (Å²) in [4.78, 5) is 0. The smallest absolute Gasteiger partial charge is 0.0165 e. The van der Waals surface area contributed by atoms with Crippen LogP contribution in [0.25, 0.3) is 77.2 Å². The monoisotopic (exact) mass is 638 g/mol. The number of rotatable bonds is 3. The molecule has 0 bridgehead atoms. The SMILES string of the molecule is CC1(C)c2ccccc2-c2c1ccc1c2C(C)(C)c2ccc(-c3c4ccccc4c(-c4ccc(-c5ccccc5)cc4)c4ccccc34)cc2-1. The van der Waals surface area contributed by atoms with Crippen LogP contribution in [-0.2, 0) is 10.8 Å². The molecule has 0 atom stereocenters. The van der Waals surface area contributed by atoms with Crippen molar-refractivity contribution in [1.29, 1.82) is 0 Å². The Balaban J connectivity index is 1.19. The molecule has 0 N–H and O–H groups in total. The van der Waals surface area contributed by atoms with E-state index in [-0.39, 0.29) is 10.8 Å². The zero-order valence-corrected chi connectivity index (χ0v) is 29.0. The van der Waals surface area contributed by atoms with Crippen molar-refractivity contribution in [2.75, 3.05) is 0 Å². The van der Waals surface area contributed by atoms with Crippen LogP contribution in [0.4, 0.5) is 0 Å². The summed E-state index contributed by atoms with van der Waals surface area (Å²) in [6.45, 7) is 9.62. The van der Waals surface area contributed by atoms with Crippen LogP contribution in [0.5, 0.6) is 0 Å². The van der Waals surface area contributed by atoms with Crippen LogP contribution in [0.2, 0.25) is 0 Å². The fourth-order valence-corrected chi connectivity index (χ4v) is 9.48. The Kier molecular flexibility index (Phi) is 6.07. The van der Waals surface area contributed by atoms with Gasteiger partial charge in [0.15, 0.2) is 0 Å². The number of hydrogen-bond donors (Lipinski definition) is 0. The van der Waals surface area contributed by atoms with E-state index in [4.69, 9.17) is 0 Å². The lowest BCUT2D eigenvalue weighted by Gasteiger charge is -2.26. The van der Waals surface area contributed by atoms with Crippen molar-refractivity contribution < 1.29 is 0 Å². The lowest BCUT2D eigenvalue weighted by Crippen LogP contribution is -2.18. The highest BCUT2D eigenvalue weighted by molar-refractivity contribution is 6.21. The zero-order chi connectivity index (χ0) is 33.8. The first kappa shape index (κ1) is 29.2. The Hall–Kier alpha value is -5.72. The molecule has 8 aromatic carbocycles. The van der Waals surface area contributed by atoms with Gasteiger partial charge in [-0.2, -0.15) is 0 Å². The maximum absolute atomic E-state index is 2.49. The summed E-state index contributed by atoms with van der Waals surface area (Å²) < 4.78 is 0. The Labute approximate surface area is 294 Å². The molecule has 2 aliphatic rings. The molecule has 10 rings (SSSR count). The molecule has 238 valence electrons. The molecule has 0 fully saturated rings. The number of benzene rings is 8. The van der Waals surface area contributed by atoms with E-state index >= 15 is 0 Å². The van der Waals surface area contributed by atoms with Crippen molar-refractivity contribution in [3.8, 4) is 55.6 Å². The van der Waals surface area contributed by atoms with E-state index in [1.165, 1.54) is 99.4 Å². The summed E-state index contributed by atoms with van der Waals surface area (Å²) in [5.41, 5.74) is 18.8. The van der Waals surface area contributed by atoms with Crippen LogP contribution < -0.4 is 0 Å². The number of fused-ring (bicyclic) bond motifs is 9. The van der Waals surface area contributed by atoms with Gasteiger partial charge in [0.2, 0.25) is 0 Å². The Bertz CT molecular complexity index is 2610. The van der Waals surface area contributed by atoms with Gasteiger partial charge in [0.25, 0.3) is 0 Å². The molecule has 0 saturated heterocycles. The Morgan fingerprint density at radius 1 is 0.300 bits per heavy atom. The fourth-order valence-electron chi connectivity index (χ4n) is 9.48. The van der Waals surface area contributed by atoms with E-state index in [1.54, 1.807) is 0 Å². The molecule has 0 heterocycles. The van der Waals surface area contributed by atoms with E-state index in [2.05, 4.69) is 185 Å². The second-order valence-corrected chi connectivity index (χ2v) is 15.3. The molecule has 0 heteroatoms. The second-order valence-electron chi connectivity index (χ2n) is 15.3. The minimum absolute atomic E-state index is 0.0155. The van der Waals surface area contributed by atoms with E-state index in [0.29, 0.717) is 0 Å². The van der Waals surface area contributed by atoms with Crippen molar-refractivity contribution >= 4 is 21.5 Å². The molecular formula is C50H38. The number of hydrogen-bond acceptors (Lipinski definition) is 0. The van der Waals surface area contributed by atoms with Crippen molar-refractivity contribution in [3.05, 3.63) is 180 Å². The predicted octanol–water partition coefficient (Wildman–Crippen LogP) is 13.6. The minimum Gasteiger partial charge on any atom is -0.0622 e. The van der Waals surface area contributed by atoms with Gasteiger partial charge in [0.1, 0.15) is 0 Å². The summed E-state index contributed by atoms with van der Waals surface area (Å²) in [6.07, 6.45) is 0. The fraction of sp³-hybridized carbons (Fsp3) is 0.120. The molecule has 8 aromatic rings. The van der Waals surface area contributed by atoms with Crippen molar-refractivity contribution in [2.24, 2.45) is 0 Å². The van der Waals surface area contributed by atoms with Gasteiger partial charge in [-0.1, -0.05) is 179 Å². The lowest BCUT2D eigenvalue weighted by molar-refractivity contribution is 0.647. The maximum atomic E-state index is 2.49. The average Bonchev–Trinajstić information content (AvgIpc) is 3.53. The first-order chi connectivity index (χ1) is 24.3. The lowest BCUT2D eigenvalue weighted by atomic mass is 9.77. The van der Waals surface area contributed by atoms with Gasteiger partial charge in [-0.25, -0.2) is 0 Å². The van der Waals surface area contributed by atoms with Crippen molar-refractivity contribution in [1.82, 2.24) is 0 Å². The van der Waals surface area contributed by atoms with Crippen molar-refractivity contribution in [3.63, 3.8) is 0 Å².